The van der Waals surface area contributed by atoms with Crippen molar-refractivity contribution in [3.05, 3.63) is 45.9 Å². The van der Waals surface area contributed by atoms with Crippen LogP contribution in [-0.4, -0.2) is 24.0 Å². The number of methoxy groups -OCH3 is 1. The van der Waals surface area contributed by atoms with E-state index in [2.05, 4.69) is 10.3 Å². The van der Waals surface area contributed by atoms with Gasteiger partial charge in [0, 0.05) is 18.4 Å². The number of benzene rings is 1. The fourth-order valence-corrected chi connectivity index (χ4v) is 2.82. The number of nitrogens with one attached hydrogen (secondary N) is 1. The lowest BCUT2D eigenvalue weighted by Gasteiger charge is -2.10. The lowest BCUT2D eigenvalue weighted by Crippen LogP contribution is -2.24. The van der Waals surface area contributed by atoms with E-state index >= 15 is 0 Å². The van der Waals surface area contributed by atoms with E-state index in [9.17, 15) is 9.59 Å². The Labute approximate surface area is 150 Å². The number of rotatable bonds is 6. The van der Waals surface area contributed by atoms with Gasteiger partial charge in [0.1, 0.15) is 0 Å². The van der Waals surface area contributed by atoms with Crippen LogP contribution in [-0.2, 0) is 9.59 Å². The third kappa shape index (κ3) is 5.42. The molecule has 2 rings (SSSR count). The Balaban J connectivity index is 2.02. The van der Waals surface area contributed by atoms with E-state index in [0.717, 1.165) is 16.3 Å². The van der Waals surface area contributed by atoms with Gasteiger partial charge in [-0.15, -0.1) is 11.3 Å². The number of aromatic nitrogens is 1. The van der Waals surface area contributed by atoms with Crippen LogP contribution in [0.25, 0.3) is 6.08 Å². The third-order valence-electron chi connectivity index (χ3n) is 3.31. The van der Waals surface area contributed by atoms with Crippen LogP contribution in [0.5, 0.6) is 11.5 Å². The molecule has 0 bridgehead atoms. The van der Waals surface area contributed by atoms with Crippen LogP contribution in [0.4, 0.5) is 0 Å². The SMILES string of the molecule is COc1cc(/C=C/C(=O)NC(C)c2csc(C)n2)ccc1OC(C)=O. The van der Waals surface area contributed by atoms with Crippen molar-refractivity contribution in [2.75, 3.05) is 7.11 Å². The molecule has 25 heavy (non-hydrogen) atoms. The van der Waals surface area contributed by atoms with Gasteiger partial charge in [-0.05, 0) is 37.6 Å². The summed E-state index contributed by atoms with van der Waals surface area (Å²) in [5, 5.41) is 5.76. The van der Waals surface area contributed by atoms with Crippen molar-refractivity contribution in [3.63, 3.8) is 0 Å². The van der Waals surface area contributed by atoms with Gasteiger partial charge in [-0.25, -0.2) is 4.98 Å². The molecule has 0 saturated heterocycles. The van der Waals surface area contributed by atoms with Gasteiger partial charge in [0.25, 0.3) is 0 Å². The predicted molar refractivity (Wildman–Crippen MR) is 96.7 cm³/mol. The number of carbonyl (C=O) groups excluding carboxylic acids is 2. The van der Waals surface area contributed by atoms with Gasteiger partial charge in [0.2, 0.25) is 5.91 Å². The van der Waals surface area contributed by atoms with E-state index < -0.39 is 5.97 Å². The highest BCUT2D eigenvalue weighted by atomic mass is 32.1. The fraction of sp³-hybridized carbons (Fsp3) is 0.278. The number of hydrogen-bond donors (Lipinski definition) is 1. The monoisotopic (exact) mass is 360 g/mol. The zero-order chi connectivity index (χ0) is 18.4. The van der Waals surface area contributed by atoms with Crippen LogP contribution in [0.1, 0.15) is 36.2 Å². The molecule has 0 saturated carbocycles. The first-order valence-electron chi connectivity index (χ1n) is 7.66. The highest BCUT2D eigenvalue weighted by Crippen LogP contribution is 2.28. The highest BCUT2D eigenvalue weighted by molar-refractivity contribution is 7.09. The van der Waals surface area contributed by atoms with Crippen LogP contribution in [0.2, 0.25) is 0 Å². The largest absolute Gasteiger partial charge is 0.493 e. The van der Waals surface area contributed by atoms with Gasteiger partial charge in [-0.1, -0.05) is 6.07 Å². The van der Waals surface area contributed by atoms with Crippen molar-refractivity contribution in [2.24, 2.45) is 0 Å². The molecule has 0 spiro atoms. The van der Waals surface area contributed by atoms with Crippen molar-refractivity contribution in [3.8, 4) is 11.5 Å². The molecule has 1 amide bonds. The molecule has 1 aromatic heterocycles. The van der Waals surface area contributed by atoms with Gasteiger partial charge in [-0.2, -0.15) is 0 Å². The molecule has 1 aromatic carbocycles. The molecule has 0 fully saturated rings. The van der Waals surface area contributed by atoms with Gasteiger partial charge in [0.05, 0.1) is 23.9 Å². The summed E-state index contributed by atoms with van der Waals surface area (Å²) in [6.07, 6.45) is 3.10. The van der Waals surface area contributed by atoms with Crippen molar-refractivity contribution < 1.29 is 19.1 Å². The summed E-state index contributed by atoms with van der Waals surface area (Å²) in [6.45, 7) is 5.13. The zero-order valence-electron chi connectivity index (χ0n) is 14.5. The summed E-state index contributed by atoms with van der Waals surface area (Å²) in [6, 6.07) is 4.88. The number of aryl methyl sites for hydroxylation is 1. The van der Waals surface area contributed by atoms with Crippen LogP contribution in [0, 0.1) is 6.92 Å². The van der Waals surface area contributed by atoms with Crippen LogP contribution in [0.3, 0.4) is 0 Å². The van der Waals surface area contributed by atoms with E-state index in [1.54, 1.807) is 35.6 Å². The van der Waals surface area contributed by atoms with Crippen molar-refractivity contribution >= 4 is 29.3 Å². The Kier molecular flexibility index (Phi) is 6.30. The van der Waals surface area contributed by atoms with Gasteiger partial charge in [-0.3, -0.25) is 9.59 Å². The number of thiazole rings is 1. The maximum Gasteiger partial charge on any atom is 0.308 e. The Hall–Kier alpha value is -2.67. The summed E-state index contributed by atoms with van der Waals surface area (Å²) in [5.41, 5.74) is 1.59. The Morgan fingerprint density at radius 2 is 2.08 bits per heavy atom. The molecule has 132 valence electrons. The van der Waals surface area contributed by atoms with Crippen molar-refractivity contribution in [2.45, 2.75) is 26.8 Å². The number of amides is 1. The molecule has 0 radical (unpaired) electrons. The lowest BCUT2D eigenvalue weighted by atomic mass is 10.2. The second-order valence-corrected chi connectivity index (χ2v) is 6.42. The molecule has 6 nitrogen and oxygen atoms in total. The summed E-state index contributed by atoms with van der Waals surface area (Å²) in [4.78, 5) is 27.5. The second kappa shape index (κ2) is 8.43. The van der Waals surface area contributed by atoms with Crippen LogP contribution < -0.4 is 14.8 Å². The lowest BCUT2D eigenvalue weighted by molar-refractivity contribution is -0.132. The van der Waals surface area contributed by atoms with Gasteiger partial charge in [0.15, 0.2) is 11.5 Å². The number of nitrogens with zero attached hydrogens (tertiary/aromatic N) is 1. The van der Waals surface area contributed by atoms with Crippen LogP contribution >= 0.6 is 11.3 Å². The molecule has 1 heterocycles. The van der Waals surface area contributed by atoms with Crippen LogP contribution in [0.15, 0.2) is 29.7 Å². The minimum atomic E-state index is -0.424. The van der Waals surface area contributed by atoms with E-state index in [1.165, 1.54) is 20.1 Å². The predicted octanol–water partition coefficient (Wildman–Crippen LogP) is 3.28. The standard InChI is InChI=1S/C18H20N2O4S/c1-11(15-10-25-12(2)20-15)19-18(22)8-6-14-5-7-16(24-13(3)21)17(9-14)23-4/h5-11H,1-4H3,(H,19,22)/b8-6+. The normalized spacial score (nSPS) is 12.0. The first-order chi connectivity index (χ1) is 11.9. The number of ether oxygens (including phenoxy) is 2. The first kappa shape index (κ1) is 18.7. The smallest absolute Gasteiger partial charge is 0.308 e. The van der Waals surface area contributed by atoms with Gasteiger partial charge < -0.3 is 14.8 Å². The maximum atomic E-state index is 12.1. The topological polar surface area (TPSA) is 77.5 Å². The zero-order valence-corrected chi connectivity index (χ0v) is 15.3. The highest BCUT2D eigenvalue weighted by Gasteiger charge is 2.11. The Bertz CT molecular complexity index is 798. The average molecular weight is 360 g/mol. The Morgan fingerprint density at radius 3 is 2.68 bits per heavy atom. The van der Waals surface area contributed by atoms with Crippen molar-refractivity contribution in [1.82, 2.24) is 10.3 Å². The van der Waals surface area contributed by atoms with E-state index in [-0.39, 0.29) is 11.9 Å². The third-order valence-corrected chi connectivity index (χ3v) is 4.10. The van der Waals surface area contributed by atoms with Gasteiger partial charge >= 0.3 is 5.97 Å². The minimum Gasteiger partial charge on any atom is -0.493 e. The molecule has 0 aliphatic rings. The van der Waals surface area contributed by atoms with Crippen molar-refractivity contribution in [1.29, 1.82) is 0 Å². The molecule has 1 atom stereocenters. The summed E-state index contributed by atoms with van der Waals surface area (Å²) < 4.78 is 10.2. The summed E-state index contributed by atoms with van der Waals surface area (Å²) >= 11 is 1.55. The quantitative estimate of drug-likeness (QED) is 0.486. The molecule has 1 unspecified atom stereocenters. The molecule has 0 aliphatic heterocycles. The number of hydrogen-bond acceptors (Lipinski definition) is 6. The summed E-state index contributed by atoms with van der Waals surface area (Å²) in [7, 11) is 1.49. The molecule has 2 aromatic rings. The number of carbonyl (C=O) groups is 2. The molecule has 0 aliphatic carbocycles. The molecule has 7 heteroatoms. The molecular formula is C18H20N2O4S. The van der Waals surface area contributed by atoms with E-state index in [4.69, 9.17) is 9.47 Å². The fourth-order valence-electron chi connectivity index (χ4n) is 2.11. The second-order valence-electron chi connectivity index (χ2n) is 5.36. The summed E-state index contributed by atoms with van der Waals surface area (Å²) in [5.74, 6) is 0.113. The number of esters is 1. The Morgan fingerprint density at radius 1 is 1.32 bits per heavy atom. The maximum absolute atomic E-state index is 12.1. The minimum absolute atomic E-state index is 0.164. The van der Waals surface area contributed by atoms with E-state index in [0.29, 0.717) is 11.5 Å². The first-order valence-corrected chi connectivity index (χ1v) is 8.54. The average Bonchev–Trinajstić information content (AvgIpc) is 3.00. The molecule has 1 N–H and O–H groups in total. The van der Waals surface area contributed by atoms with E-state index in [1.807, 2.05) is 19.2 Å². The molecular weight excluding hydrogens is 340 g/mol.